The smallest absolute Gasteiger partial charge is 0.456 e. The van der Waals surface area contributed by atoms with Crippen LogP contribution in [0.5, 0.6) is 0 Å². The fourth-order valence-electron chi connectivity index (χ4n) is 5.39. The predicted octanol–water partition coefficient (Wildman–Crippen LogP) is 4.45. The zero-order valence-electron chi connectivity index (χ0n) is 17.4. The molecule has 0 amide bonds. The van der Waals surface area contributed by atoms with Gasteiger partial charge in [0.05, 0.1) is 17.3 Å². The lowest BCUT2D eigenvalue weighted by Crippen LogP contribution is -2.65. The largest absolute Gasteiger partial charge is 0.462 e. The number of hydrogen-bond donors (Lipinski definition) is 0. The van der Waals surface area contributed by atoms with Crippen LogP contribution in [0.15, 0.2) is 24.3 Å². The molecule has 0 radical (unpaired) electrons. The Morgan fingerprint density at radius 2 is 2.00 bits per heavy atom. The normalized spacial score (nSPS) is 34.0. The summed E-state index contributed by atoms with van der Waals surface area (Å²) >= 11 is 0. The van der Waals surface area contributed by atoms with Crippen LogP contribution in [0, 0.1) is 17.3 Å². The van der Waals surface area contributed by atoms with E-state index in [2.05, 4.69) is 20.8 Å². The Hall–Kier alpha value is -1.33. The first-order chi connectivity index (χ1) is 12.5. The van der Waals surface area contributed by atoms with Gasteiger partial charge in [0.25, 0.3) is 0 Å². The summed E-state index contributed by atoms with van der Waals surface area (Å²) in [6, 6.07) is 7.62. The molecule has 2 bridgehead atoms. The minimum absolute atomic E-state index is 0.188. The van der Waals surface area contributed by atoms with Crippen molar-refractivity contribution in [2.45, 2.75) is 78.0 Å². The second-order valence-electron chi connectivity index (χ2n) is 10.3. The molecular weight excluding hydrogens is 339 g/mol. The molecule has 4 atom stereocenters. The Kier molecular flexibility index (Phi) is 4.28. The van der Waals surface area contributed by atoms with Crippen LogP contribution in [-0.4, -0.2) is 30.4 Å². The molecule has 0 spiro atoms. The molecule has 5 heteroatoms. The van der Waals surface area contributed by atoms with Crippen molar-refractivity contribution < 1.29 is 18.8 Å². The van der Waals surface area contributed by atoms with Crippen LogP contribution in [0.25, 0.3) is 0 Å². The number of carbonyl (C=O) groups is 1. The van der Waals surface area contributed by atoms with E-state index in [1.165, 1.54) is 6.42 Å². The van der Waals surface area contributed by atoms with E-state index < -0.39 is 5.60 Å². The summed E-state index contributed by atoms with van der Waals surface area (Å²) in [6.45, 7) is 12.6. The Morgan fingerprint density at radius 1 is 1.26 bits per heavy atom. The van der Waals surface area contributed by atoms with Gasteiger partial charge >= 0.3 is 13.1 Å². The molecule has 146 valence electrons. The van der Waals surface area contributed by atoms with Crippen LogP contribution >= 0.6 is 0 Å². The van der Waals surface area contributed by atoms with Gasteiger partial charge in [-0.1, -0.05) is 26.0 Å². The van der Waals surface area contributed by atoms with E-state index in [4.69, 9.17) is 14.0 Å². The van der Waals surface area contributed by atoms with Crippen molar-refractivity contribution in [2.75, 3.05) is 0 Å². The SMILES string of the molecule is CC(C)(C)OC(=O)c1cccc(CB2O[C@@H]3C[C@@H]4C[C@@H](C4(C)C)[C@]3(C)O2)c1. The van der Waals surface area contributed by atoms with E-state index in [-0.39, 0.29) is 24.8 Å². The number of benzene rings is 1. The van der Waals surface area contributed by atoms with Gasteiger partial charge < -0.3 is 14.0 Å². The minimum Gasteiger partial charge on any atom is -0.456 e. The highest BCUT2D eigenvalue weighted by Crippen LogP contribution is 2.65. The predicted molar refractivity (Wildman–Crippen MR) is 105 cm³/mol. The molecule has 1 aromatic rings. The van der Waals surface area contributed by atoms with Crippen molar-refractivity contribution >= 4 is 13.1 Å². The van der Waals surface area contributed by atoms with Crippen molar-refractivity contribution in [2.24, 2.45) is 17.3 Å². The molecule has 1 aliphatic heterocycles. The topological polar surface area (TPSA) is 44.8 Å². The van der Waals surface area contributed by atoms with E-state index in [9.17, 15) is 4.79 Å². The molecule has 0 N–H and O–H groups in total. The summed E-state index contributed by atoms with van der Waals surface area (Å²) < 4.78 is 18.3. The quantitative estimate of drug-likeness (QED) is 0.582. The summed E-state index contributed by atoms with van der Waals surface area (Å²) in [5.41, 5.74) is 1.28. The monoisotopic (exact) mass is 370 g/mol. The fraction of sp³-hybridized carbons (Fsp3) is 0.682. The maximum atomic E-state index is 12.3. The second kappa shape index (κ2) is 6.08. The van der Waals surface area contributed by atoms with Crippen molar-refractivity contribution in [1.82, 2.24) is 0 Å². The zero-order chi connectivity index (χ0) is 19.6. The van der Waals surface area contributed by atoms with Gasteiger partial charge in [0, 0.05) is 6.32 Å². The Labute approximate surface area is 163 Å². The molecule has 4 aliphatic rings. The summed E-state index contributed by atoms with van der Waals surface area (Å²) in [7, 11) is -0.246. The fourth-order valence-corrected chi connectivity index (χ4v) is 5.39. The van der Waals surface area contributed by atoms with Crippen LogP contribution in [0.1, 0.15) is 70.3 Å². The highest BCUT2D eigenvalue weighted by molar-refractivity contribution is 6.44. The maximum Gasteiger partial charge on any atom is 0.462 e. The molecule has 0 aromatic heterocycles. The molecule has 5 rings (SSSR count). The van der Waals surface area contributed by atoms with Crippen molar-refractivity contribution in [3.05, 3.63) is 35.4 Å². The Bertz CT molecular complexity index is 753. The minimum atomic E-state index is -0.497. The van der Waals surface area contributed by atoms with Crippen molar-refractivity contribution in [1.29, 1.82) is 0 Å². The third-order valence-electron chi connectivity index (χ3n) is 6.97. The van der Waals surface area contributed by atoms with Crippen LogP contribution in [-0.2, 0) is 20.4 Å². The molecule has 1 aromatic carbocycles. The lowest BCUT2D eigenvalue weighted by molar-refractivity contribution is -0.199. The first-order valence-electron chi connectivity index (χ1n) is 10.1. The standard InChI is InChI=1S/C22H31BO4/c1-20(2,3)25-19(24)15-9-7-8-14(10-15)13-23-26-18-12-16-11-17(21(16,4)5)22(18,6)27-23/h7-10,16-18H,11-13H2,1-6H3/t16-,17-,18+,22-/m0/s1. The average Bonchev–Trinajstić information content (AvgIpc) is 2.88. The molecule has 4 fully saturated rings. The number of rotatable bonds is 3. The first kappa shape index (κ1) is 19.0. The lowest BCUT2D eigenvalue weighted by Gasteiger charge is -2.64. The van der Waals surface area contributed by atoms with Gasteiger partial charge in [-0.3, -0.25) is 0 Å². The van der Waals surface area contributed by atoms with Crippen molar-refractivity contribution in [3.63, 3.8) is 0 Å². The second-order valence-corrected chi connectivity index (χ2v) is 10.3. The van der Waals surface area contributed by atoms with Crippen LogP contribution in [0.2, 0.25) is 0 Å². The number of esters is 1. The molecule has 4 nitrogen and oxygen atoms in total. The van der Waals surface area contributed by atoms with Crippen LogP contribution in [0.4, 0.5) is 0 Å². The number of ether oxygens (including phenoxy) is 1. The zero-order valence-corrected chi connectivity index (χ0v) is 17.4. The summed E-state index contributed by atoms with van der Waals surface area (Å²) in [5.74, 6) is 1.02. The van der Waals surface area contributed by atoms with E-state index in [1.807, 2.05) is 39.0 Å². The van der Waals surface area contributed by atoms with E-state index >= 15 is 0 Å². The molecule has 27 heavy (non-hydrogen) atoms. The van der Waals surface area contributed by atoms with E-state index in [1.54, 1.807) is 6.07 Å². The van der Waals surface area contributed by atoms with Gasteiger partial charge in [-0.25, -0.2) is 4.79 Å². The summed E-state index contributed by atoms with van der Waals surface area (Å²) in [5, 5.41) is 0. The average molecular weight is 370 g/mol. The molecule has 1 saturated heterocycles. The molecule has 3 saturated carbocycles. The van der Waals surface area contributed by atoms with Gasteiger partial charge in [-0.05, 0) is 75.5 Å². The van der Waals surface area contributed by atoms with Gasteiger partial charge in [0.15, 0.2) is 0 Å². The molecule has 3 aliphatic carbocycles. The Morgan fingerprint density at radius 3 is 2.67 bits per heavy atom. The highest BCUT2D eigenvalue weighted by atomic mass is 16.7. The van der Waals surface area contributed by atoms with E-state index in [0.717, 1.165) is 17.9 Å². The summed E-state index contributed by atoms with van der Waals surface area (Å²) in [4.78, 5) is 12.3. The molecular formula is C22H31BO4. The van der Waals surface area contributed by atoms with Gasteiger partial charge in [0.1, 0.15) is 5.60 Å². The number of carbonyl (C=O) groups excluding carboxylic acids is 1. The van der Waals surface area contributed by atoms with Crippen molar-refractivity contribution in [3.8, 4) is 0 Å². The molecule has 1 heterocycles. The van der Waals surface area contributed by atoms with Gasteiger partial charge in [-0.15, -0.1) is 0 Å². The first-order valence-corrected chi connectivity index (χ1v) is 10.1. The van der Waals surface area contributed by atoms with Crippen LogP contribution < -0.4 is 0 Å². The maximum absolute atomic E-state index is 12.3. The Balaban J connectivity index is 1.45. The van der Waals surface area contributed by atoms with E-state index in [0.29, 0.717) is 23.2 Å². The molecule has 0 unspecified atom stereocenters. The third-order valence-corrected chi connectivity index (χ3v) is 6.97. The lowest BCUT2D eigenvalue weighted by atomic mass is 9.43. The van der Waals surface area contributed by atoms with Crippen LogP contribution in [0.3, 0.4) is 0 Å². The highest BCUT2D eigenvalue weighted by Gasteiger charge is 2.67. The van der Waals surface area contributed by atoms with Gasteiger partial charge in [-0.2, -0.15) is 0 Å². The van der Waals surface area contributed by atoms with Gasteiger partial charge in [0.2, 0.25) is 0 Å². The summed E-state index contributed by atoms with van der Waals surface area (Å²) in [6.07, 6.45) is 3.19. The number of hydrogen-bond acceptors (Lipinski definition) is 4. The third kappa shape index (κ3) is 3.23.